The van der Waals surface area contributed by atoms with Gasteiger partial charge >= 0.3 is 0 Å². The maximum atomic E-state index is 5.50. The molecule has 0 unspecified atom stereocenters. The van der Waals surface area contributed by atoms with Crippen LogP contribution >= 0.6 is 0 Å². The molecule has 0 fully saturated rings. The fourth-order valence-corrected chi connectivity index (χ4v) is 1.78. The molecule has 0 bridgehead atoms. The number of anilines is 1. The average Bonchev–Trinajstić information content (AvgIpc) is 2.46. The van der Waals surface area contributed by atoms with Gasteiger partial charge in [-0.1, -0.05) is 19.1 Å². The van der Waals surface area contributed by atoms with Crippen LogP contribution in [0.3, 0.4) is 0 Å². The van der Waals surface area contributed by atoms with Crippen molar-refractivity contribution in [2.24, 2.45) is 0 Å². The number of aromatic nitrogens is 2. The molecule has 0 atom stereocenters. The Balaban J connectivity index is 2.23. The summed E-state index contributed by atoms with van der Waals surface area (Å²) in [6.07, 6.45) is 2.65. The molecule has 0 saturated carbocycles. The third-order valence-electron chi connectivity index (χ3n) is 2.66. The summed E-state index contributed by atoms with van der Waals surface area (Å²) < 4.78 is 5.50. The van der Waals surface area contributed by atoms with Crippen molar-refractivity contribution in [3.05, 3.63) is 36.7 Å². The highest BCUT2D eigenvalue weighted by Crippen LogP contribution is 2.23. The lowest BCUT2D eigenvalue weighted by Gasteiger charge is -2.07. The summed E-state index contributed by atoms with van der Waals surface area (Å²) in [7, 11) is 0. The predicted octanol–water partition coefficient (Wildman–Crippen LogP) is 3.36. The fourth-order valence-electron chi connectivity index (χ4n) is 1.78. The van der Waals surface area contributed by atoms with Gasteiger partial charge in [-0.15, -0.1) is 0 Å². The summed E-state index contributed by atoms with van der Waals surface area (Å²) in [5.41, 5.74) is 1.93. The summed E-state index contributed by atoms with van der Waals surface area (Å²) in [4.78, 5) is 8.52. The van der Waals surface area contributed by atoms with E-state index in [2.05, 4.69) is 22.2 Å². The van der Waals surface area contributed by atoms with E-state index in [1.165, 1.54) is 0 Å². The van der Waals surface area contributed by atoms with Gasteiger partial charge in [0.2, 0.25) is 0 Å². The molecule has 0 aliphatic rings. The van der Waals surface area contributed by atoms with Gasteiger partial charge in [0.15, 0.2) is 0 Å². The molecule has 19 heavy (non-hydrogen) atoms. The Bertz CT molecular complexity index is 528. The van der Waals surface area contributed by atoms with E-state index >= 15 is 0 Å². The molecule has 1 aromatic heterocycles. The smallest absolute Gasteiger partial charge is 0.129 e. The first-order valence-corrected chi connectivity index (χ1v) is 6.62. The number of nitrogens with zero attached hydrogens (tertiary/aromatic N) is 2. The molecule has 1 N–H and O–H groups in total. The number of rotatable bonds is 6. The molecule has 1 heterocycles. The van der Waals surface area contributed by atoms with Crippen LogP contribution < -0.4 is 10.1 Å². The van der Waals surface area contributed by atoms with Crippen molar-refractivity contribution in [1.82, 2.24) is 9.97 Å². The van der Waals surface area contributed by atoms with Crippen LogP contribution in [0.5, 0.6) is 5.75 Å². The van der Waals surface area contributed by atoms with E-state index in [4.69, 9.17) is 4.74 Å². The zero-order chi connectivity index (χ0) is 13.5. The predicted molar refractivity (Wildman–Crippen MR) is 77.4 cm³/mol. The normalized spacial score (nSPS) is 10.2. The molecule has 0 aliphatic heterocycles. The van der Waals surface area contributed by atoms with Crippen molar-refractivity contribution in [1.29, 1.82) is 0 Å². The number of hydrogen-bond donors (Lipinski definition) is 1. The maximum absolute atomic E-state index is 5.50. The van der Waals surface area contributed by atoms with Gasteiger partial charge in [0.1, 0.15) is 17.9 Å². The zero-order valence-electron chi connectivity index (χ0n) is 11.4. The molecule has 1 aromatic carbocycles. The van der Waals surface area contributed by atoms with Crippen LogP contribution in [0.2, 0.25) is 0 Å². The maximum Gasteiger partial charge on any atom is 0.129 e. The highest BCUT2D eigenvalue weighted by Gasteiger charge is 2.03. The molecule has 0 aliphatic carbocycles. The van der Waals surface area contributed by atoms with Crippen LogP contribution in [0.1, 0.15) is 20.3 Å². The lowest BCUT2D eigenvalue weighted by atomic mass is 10.1. The first-order valence-electron chi connectivity index (χ1n) is 6.62. The summed E-state index contributed by atoms with van der Waals surface area (Å²) in [6, 6.07) is 9.90. The zero-order valence-corrected chi connectivity index (χ0v) is 11.4. The van der Waals surface area contributed by atoms with E-state index < -0.39 is 0 Å². The first kappa shape index (κ1) is 13.3. The second-order valence-electron chi connectivity index (χ2n) is 4.18. The number of hydrogen-bond acceptors (Lipinski definition) is 4. The largest absolute Gasteiger partial charge is 0.494 e. The molecule has 0 amide bonds. The van der Waals surface area contributed by atoms with Gasteiger partial charge in [-0.25, -0.2) is 9.97 Å². The van der Waals surface area contributed by atoms with E-state index in [0.29, 0.717) is 6.61 Å². The van der Waals surface area contributed by atoms with E-state index in [-0.39, 0.29) is 0 Å². The van der Waals surface area contributed by atoms with Gasteiger partial charge in [-0.2, -0.15) is 0 Å². The van der Waals surface area contributed by atoms with Crippen molar-refractivity contribution in [2.45, 2.75) is 20.3 Å². The standard InChI is InChI=1S/C15H19N3O/c1-3-8-16-15-10-14(17-11-18-15)12-6-5-7-13(9-12)19-4-2/h5-7,9-11H,3-4,8H2,1-2H3,(H,16,17,18). The Morgan fingerprint density at radius 1 is 1.16 bits per heavy atom. The van der Waals surface area contributed by atoms with Crippen molar-refractivity contribution < 1.29 is 4.74 Å². The minimum Gasteiger partial charge on any atom is -0.494 e. The van der Waals surface area contributed by atoms with Crippen LogP contribution in [0.25, 0.3) is 11.3 Å². The molecule has 0 saturated heterocycles. The van der Waals surface area contributed by atoms with E-state index in [9.17, 15) is 0 Å². The molecule has 2 aromatic rings. The third-order valence-corrected chi connectivity index (χ3v) is 2.66. The van der Waals surface area contributed by atoms with Gasteiger partial charge in [-0.3, -0.25) is 0 Å². The van der Waals surface area contributed by atoms with Gasteiger partial charge in [0.05, 0.1) is 12.3 Å². The van der Waals surface area contributed by atoms with Crippen LogP contribution in [0, 0.1) is 0 Å². The Morgan fingerprint density at radius 2 is 2.05 bits per heavy atom. The van der Waals surface area contributed by atoms with Crippen LogP contribution in [0.15, 0.2) is 36.7 Å². The summed E-state index contributed by atoms with van der Waals surface area (Å²) in [6.45, 7) is 5.68. The van der Waals surface area contributed by atoms with Crippen molar-refractivity contribution in [2.75, 3.05) is 18.5 Å². The molecule has 2 rings (SSSR count). The van der Waals surface area contributed by atoms with Gasteiger partial charge < -0.3 is 10.1 Å². The van der Waals surface area contributed by atoms with E-state index in [1.807, 2.05) is 37.3 Å². The monoisotopic (exact) mass is 257 g/mol. The lowest BCUT2D eigenvalue weighted by Crippen LogP contribution is -2.02. The second-order valence-corrected chi connectivity index (χ2v) is 4.18. The summed E-state index contributed by atoms with van der Waals surface area (Å²) in [5, 5.41) is 3.26. The minimum absolute atomic E-state index is 0.663. The fraction of sp³-hybridized carbons (Fsp3) is 0.333. The minimum atomic E-state index is 0.663. The molecule has 4 heteroatoms. The van der Waals surface area contributed by atoms with Gasteiger partial charge in [-0.05, 0) is 25.5 Å². The van der Waals surface area contributed by atoms with Crippen molar-refractivity contribution in [3.63, 3.8) is 0 Å². The Kier molecular flexibility index (Phi) is 4.72. The third kappa shape index (κ3) is 3.68. The molecule has 100 valence electrons. The molecule has 0 spiro atoms. The van der Waals surface area contributed by atoms with Crippen LogP contribution in [0.4, 0.5) is 5.82 Å². The highest BCUT2D eigenvalue weighted by atomic mass is 16.5. The van der Waals surface area contributed by atoms with E-state index in [0.717, 1.165) is 35.8 Å². The lowest BCUT2D eigenvalue weighted by molar-refractivity contribution is 0.340. The Hall–Kier alpha value is -2.10. The molecular formula is C15H19N3O. The van der Waals surface area contributed by atoms with Crippen LogP contribution in [-0.2, 0) is 0 Å². The second kappa shape index (κ2) is 6.73. The topological polar surface area (TPSA) is 47.0 Å². The van der Waals surface area contributed by atoms with Gasteiger partial charge in [0.25, 0.3) is 0 Å². The highest BCUT2D eigenvalue weighted by molar-refractivity contribution is 5.63. The van der Waals surface area contributed by atoms with E-state index in [1.54, 1.807) is 6.33 Å². The number of nitrogens with one attached hydrogen (secondary N) is 1. The Labute approximate surface area is 113 Å². The van der Waals surface area contributed by atoms with Crippen LogP contribution in [-0.4, -0.2) is 23.1 Å². The Morgan fingerprint density at radius 3 is 2.84 bits per heavy atom. The van der Waals surface area contributed by atoms with Gasteiger partial charge in [0, 0.05) is 18.2 Å². The number of benzene rings is 1. The average molecular weight is 257 g/mol. The molecule has 0 radical (unpaired) electrons. The van der Waals surface area contributed by atoms with Crippen molar-refractivity contribution >= 4 is 5.82 Å². The number of ether oxygens (including phenoxy) is 1. The molecule has 4 nitrogen and oxygen atoms in total. The first-order chi connectivity index (χ1) is 9.33. The summed E-state index contributed by atoms with van der Waals surface area (Å²) in [5.74, 6) is 1.72. The molecular weight excluding hydrogens is 238 g/mol. The summed E-state index contributed by atoms with van der Waals surface area (Å²) >= 11 is 0. The SMILES string of the molecule is CCCNc1cc(-c2cccc(OCC)c2)ncn1. The quantitative estimate of drug-likeness (QED) is 0.862. The van der Waals surface area contributed by atoms with Crippen molar-refractivity contribution in [3.8, 4) is 17.0 Å².